The number of hydrogen-bond donors (Lipinski definition) is 1. The van der Waals surface area contributed by atoms with Gasteiger partial charge in [-0.2, -0.15) is 0 Å². The summed E-state index contributed by atoms with van der Waals surface area (Å²) in [6.07, 6.45) is 0.987. The molecule has 3 rings (SSSR count). The number of benzene rings is 2. The molecule has 0 fully saturated rings. The van der Waals surface area contributed by atoms with Crippen LogP contribution in [-0.4, -0.2) is 6.61 Å². The third-order valence-electron chi connectivity index (χ3n) is 3.71. The van der Waals surface area contributed by atoms with Crippen LogP contribution in [0.3, 0.4) is 0 Å². The highest BCUT2D eigenvalue weighted by molar-refractivity contribution is 6.31. The van der Waals surface area contributed by atoms with Crippen molar-refractivity contribution in [2.45, 2.75) is 25.9 Å². The van der Waals surface area contributed by atoms with Crippen molar-refractivity contribution >= 4 is 11.6 Å². The summed E-state index contributed by atoms with van der Waals surface area (Å²) in [4.78, 5) is 0. The Hall–Kier alpha value is -1.51. The smallest absolute Gasteiger partial charge is 0.124 e. The van der Waals surface area contributed by atoms with E-state index in [1.54, 1.807) is 0 Å². The molecule has 2 aromatic carbocycles. The van der Waals surface area contributed by atoms with Crippen molar-refractivity contribution in [3.63, 3.8) is 0 Å². The van der Waals surface area contributed by atoms with Crippen molar-refractivity contribution < 1.29 is 4.74 Å². The van der Waals surface area contributed by atoms with Crippen molar-refractivity contribution in [1.29, 1.82) is 0 Å². The Bertz CT molecular complexity index is 612. The molecule has 2 nitrogen and oxygen atoms in total. The molecular weight excluding hydrogens is 270 g/mol. The quantitative estimate of drug-likeness (QED) is 0.911. The number of hydrogen-bond acceptors (Lipinski definition) is 2. The summed E-state index contributed by atoms with van der Waals surface area (Å²) >= 11 is 6.28. The second kappa shape index (κ2) is 5.86. The number of fused-ring (bicyclic) bond motifs is 1. The van der Waals surface area contributed by atoms with Crippen LogP contribution in [0.15, 0.2) is 42.5 Å². The van der Waals surface area contributed by atoms with Crippen molar-refractivity contribution in [3.05, 3.63) is 64.2 Å². The maximum atomic E-state index is 6.28. The Morgan fingerprint density at radius 2 is 2.10 bits per heavy atom. The lowest BCUT2D eigenvalue weighted by atomic mass is 10.0. The summed E-state index contributed by atoms with van der Waals surface area (Å²) < 4.78 is 5.68. The van der Waals surface area contributed by atoms with Gasteiger partial charge in [0.2, 0.25) is 0 Å². The molecule has 0 aliphatic carbocycles. The lowest BCUT2D eigenvalue weighted by molar-refractivity contribution is 0.252. The van der Waals surface area contributed by atoms with Crippen LogP contribution < -0.4 is 10.1 Å². The summed E-state index contributed by atoms with van der Waals surface area (Å²) in [6, 6.07) is 14.8. The molecule has 1 unspecified atom stereocenters. The molecule has 0 spiro atoms. The van der Waals surface area contributed by atoms with E-state index in [0.717, 1.165) is 35.9 Å². The van der Waals surface area contributed by atoms with Crippen LogP contribution in [0.4, 0.5) is 0 Å². The minimum atomic E-state index is 0.331. The van der Waals surface area contributed by atoms with Crippen LogP contribution in [0, 0.1) is 6.92 Å². The molecule has 20 heavy (non-hydrogen) atoms. The number of ether oxygens (including phenoxy) is 1. The van der Waals surface area contributed by atoms with Crippen molar-refractivity contribution in [2.24, 2.45) is 0 Å². The zero-order chi connectivity index (χ0) is 13.9. The van der Waals surface area contributed by atoms with Gasteiger partial charge in [-0.1, -0.05) is 41.9 Å². The molecule has 0 radical (unpaired) electrons. The number of para-hydroxylation sites is 1. The monoisotopic (exact) mass is 287 g/mol. The molecule has 0 saturated carbocycles. The standard InChI is InChI=1S/C17H18ClNO/c1-12-6-7-13(15(18)10-12)11-19-16-8-9-20-17-5-3-2-4-14(16)17/h2-7,10,16,19H,8-9,11H2,1H3. The fraction of sp³-hybridized carbons (Fsp3) is 0.294. The number of rotatable bonds is 3. The number of nitrogens with one attached hydrogen (secondary N) is 1. The average molecular weight is 288 g/mol. The average Bonchev–Trinajstić information content (AvgIpc) is 2.46. The molecule has 1 aliphatic heterocycles. The molecule has 1 N–H and O–H groups in total. The van der Waals surface area contributed by atoms with E-state index in [1.165, 1.54) is 11.1 Å². The summed E-state index contributed by atoms with van der Waals surface area (Å²) in [7, 11) is 0. The number of halogens is 1. The predicted octanol–water partition coefficient (Wildman–Crippen LogP) is 4.26. The molecule has 2 aromatic rings. The Morgan fingerprint density at radius 1 is 1.25 bits per heavy atom. The van der Waals surface area contributed by atoms with Crippen LogP contribution >= 0.6 is 11.6 Å². The van der Waals surface area contributed by atoms with Crippen LogP contribution in [0.2, 0.25) is 5.02 Å². The summed E-state index contributed by atoms with van der Waals surface area (Å²) in [6.45, 7) is 3.59. The topological polar surface area (TPSA) is 21.3 Å². The Balaban J connectivity index is 1.73. The van der Waals surface area contributed by atoms with Crippen molar-refractivity contribution in [1.82, 2.24) is 5.32 Å². The maximum Gasteiger partial charge on any atom is 0.124 e. The van der Waals surface area contributed by atoms with Gasteiger partial charge in [-0.15, -0.1) is 0 Å². The van der Waals surface area contributed by atoms with E-state index >= 15 is 0 Å². The van der Waals surface area contributed by atoms with E-state index in [-0.39, 0.29) is 0 Å². The Morgan fingerprint density at radius 3 is 2.95 bits per heavy atom. The van der Waals surface area contributed by atoms with Gasteiger partial charge in [0, 0.05) is 29.6 Å². The van der Waals surface area contributed by atoms with Crippen LogP contribution in [-0.2, 0) is 6.54 Å². The lowest BCUT2D eigenvalue weighted by Crippen LogP contribution is -2.26. The molecular formula is C17H18ClNO. The first kappa shape index (κ1) is 13.5. The molecule has 0 amide bonds. The second-order valence-corrected chi connectivity index (χ2v) is 5.61. The van der Waals surface area contributed by atoms with Gasteiger partial charge in [0.25, 0.3) is 0 Å². The molecule has 1 atom stereocenters. The van der Waals surface area contributed by atoms with Crippen molar-refractivity contribution in [2.75, 3.05) is 6.61 Å². The van der Waals surface area contributed by atoms with Gasteiger partial charge < -0.3 is 10.1 Å². The first-order chi connectivity index (χ1) is 9.74. The van der Waals surface area contributed by atoms with Gasteiger partial charge in [0.15, 0.2) is 0 Å². The lowest BCUT2D eigenvalue weighted by Gasteiger charge is -2.27. The van der Waals surface area contributed by atoms with Crippen LogP contribution in [0.5, 0.6) is 5.75 Å². The molecule has 3 heteroatoms. The zero-order valence-electron chi connectivity index (χ0n) is 11.5. The van der Waals surface area contributed by atoms with E-state index in [9.17, 15) is 0 Å². The molecule has 0 saturated heterocycles. The summed E-state index contributed by atoms with van der Waals surface area (Å²) in [5, 5.41) is 4.42. The minimum absolute atomic E-state index is 0.331. The normalized spacial score (nSPS) is 17.4. The summed E-state index contributed by atoms with van der Waals surface area (Å²) in [5.74, 6) is 0.992. The van der Waals surface area contributed by atoms with Gasteiger partial charge in [-0.3, -0.25) is 0 Å². The van der Waals surface area contributed by atoms with Gasteiger partial charge in [0.05, 0.1) is 6.61 Å². The minimum Gasteiger partial charge on any atom is -0.493 e. The molecule has 0 aromatic heterocycles. The highest BCUT2D eigenvalue weighted by atomic mass is 35.5. The molecule has 0 bridgehead atoms. The van der Waals surface area contributed by atoms with Gasteiger partial charge in [0.1, 0.15) is 5.75 Å². The van der Waals surface area contributed by atoms with Gasteiger partial charge in [-0.05, 0) is 30.2 Å². The fourth-order valence-corrected chi connectivity index (χ4v) is 2.88. The van der Waals surface area contributed by atoms with E-state index in [4.69, 9.17) is 16.3 Å². The second-order valence-electron chi connectivity index (χ2n) is 5.20. The van der Waals surface area contributed by atoms with E-state index < -0.39 is 0 Å². The highest BCUT2D eigenvalue weighted by Gasteiger charge is 2.20. The Labute approximate surface area is 124 Å². The van der Waals surface area contributed by atoms with Gasteiger partial charge in [-0.25, -0.2) is 0 Å². The van der Waals surface area contributed by atoms with E-state index in [1.807, 2.05) is 18.2 Å². The predicted molar refractivity (Wildman–Crippen MR) is 82.3 cm³/mol. The Kier molecular flexibility index (Phi) is 3.95. The zero-order valence-corrected chi connectivity index (χ0v) is 12.3. The van der Waals surface area contributed by atoms with Crippen molar-refractivity contribution in [3.8, 4) is 5.75 Å². The largest absolute Gasteiger partial charge is 0.493 e. The first-order valence-corrected chi connectivity index (χ1v) is 7.32. The first-order valence-electron chi connectivity index (χ1n) is 6.94. The van der Waals surface area contributed by atoms with Gasteiger partial charge >= 0.3 is 0 Å². The third-order valence-corrected chi connectivity index (χ3v) is 4.06. The van der Waals surface area contributed by atoms with Crippen LogP contribution in [0.25, 0.3) is 0 Å². The molecule has 1 aliphatic rings. The van der Waals surface area contributed by atoms with E-state index in [0.29, 0.717) is 6.04 Å². The fourth-order valence-electron chi connectivity index (χ4n) is 2.58. The van der Waals surface area contributed by atoms with E-state index in [2.05, 4.69) is 36.5 Å². The number of aryl methyl sites for hydroxylation is 1. The SMILES string of the molecule is Cc1ccc(CNC2CCOc3ccccc32)c(Cl)c1. The summed E-state index contributed by atoms with van der Waals surface area (Å²) in [5.41, 5.74) is 3.57. The van der Waals surface area contributed by atoms with Crippen LogP contribution in [0.1, 0.15) is 29.2 Å². The third kappa shape index (κ3) is 2.82. The maximum absolute atomic E-state index is 6.28. The molecule has 1 heterocycles. The molecule has 104 valence electrons. The highest BCUT2D eigenvalue weighted by Crippen LogP contribution is 2.32.